The number of benzene rings is 2. The second kappa shape index (κ2) is 6.13. The van der Waals surface area contributed by atoms with Crippen molar-refractivity contribution >= 4 is 22.1 Å². The fourth-order valence-electron chi connectivity index (χ4n) is 2.51. The van der Waals surface area contributed by atoms with Crippen LogP contribution in [-0.4, -0.2) is 11.0 Å². The van der Waals surface area contributed by atoms with E-state index < -0.39 is 0 Å². The normalized spacial score (nSPS) is 12.7. The van der Waals surface area contributed by atoms with Gasteiger partial charge in [0.1, 0.15) is 0 Å². The monoisotopic (exact) mass is 283 g/mol. The van der Waals surface area contributed by atoms with Crippen molar-refractivity contribution in [1.82, 2.24) is 10.4 Å². The Bertz CT molecular complexity index is 674. The summed E-state index contributed by atoms with van der Waals surface area (Å²) in [5.41, 5.74) is 6.12. The van der Waals surface area contributed by atoms with Gasteiger partial charge in [-0.05, 0) is 22.8 Å². The lowest BCUT2D eigenvalue weighted by Crippen LogP contribution is -2.38. The molecule has 0 aliphatic carbocycles. The largest absolute Gasteiger partial charge is 0.271 e. The molecule has 0 bridgehead atoms. The summed E-state index contributed by atoms with van der Waals surface area (Å²) >= 11 is 1.67. The summed E-state index contributed by atoms with van der Waals surface area (Å²) in [6, 6.07) is 15.1. The Morgan fingerprint density at radius 3 is 2.75 bits per heavy atom. The summed E-state index contributed by atoms with van der Waals surface area (Å²) in [6.07, 6.45) is 3.73. The lowest BCUT2D eigenvalue weighted by molar-refractivity contribution is 0.527. The van der Waals surface area contributed by atoms with E-state index in [9.17, 15) is 0 Å². The van der Waals surface area contributed by atoms with E-state index in [1.54, 1.807) is 11.3 Å². The topological polar surface area (TPSA) is 50.9 Å². The molecule has 1 unspecified atom stereocenters. The first-order chi connectivity index (χ1) is 9.86. The molecule has 3 rings (SSSR count). The average Bonchev–Trinajstić information content (AvgIpc) is 3.00. The Kier molecular flexibility index (Phi) is 4.06. The zero-order valence-corrected chi connectivity index (χ0v) is 11.9. The molecule has 0 fully saturated rings. The Morgan fingerprint density at radius 1 is 1.10 bits per heavy atom. The van der Waals surface area contributed by atoms with Crippen LogP contribution in [0.2, 0.25) is 0 Å². The molecule has 1 atom stereocenters. The predicted molar refractivity (Wildman–Crippen MR) is 84.6 cm³/mol. The minimum atomic E-state index is 0.223. The molecule has 2 aromatic carbocycles. The summed E-state index contributed by atoms with van der Waals surface area (Å²) in [6.45, 7) is 0. The SMILES string of the molecule is NNC(Cc1cncs1)Cc1cccc2ccccc12. The molecule has 3 N–H and O–H groups in total. The Labute approximate surface area is 122 Å². The molecular formula is C16H17N3S. The van der Waals surface area contributed by atoms with Crippen molar-refractivity contribution in [2.75, 3.05) is 0 Å². The first kappa shape index (κ1) is 13.2. The number of hydrogen-bond donors (Lipinski definition) is 2. The summed E-state index contributed by atoms with van der Waals surface area (Å²) in [5.74, 6) is 5.72. The van der Waals surface area contributed by atoms with Gasteiger partial charge in [-0.1, -0.05) is 42.5 Å². The summed E-state index contributed by atoms with van der Waals surface area (Å²) in [7, 11) is 0. The fraction of sp³-hybridized carbons (Fsp3) is 0.188. The van der Waals surface area contributed by atoms with Gasteiger partial charge >= 0.3 is 0 Å². The quantitative estimate of drug-likeness (QED) is 0.559. The minimum absolute atomic E-state index is 0.223. The molecule has 20 heavy (non-hydrogen) atoms. The third-order valence-electron chi connectivity index (χ3n) is 3.51. The van der Waals surface area contributed by atoms with Crippen LogP contribution in [0.5, 0.6) is 0 Å². The number of thiazole rings is 1. The number of nitrogens with two attached hydrogens (primary N) is 1. The van der Waals surface area contributed by atoms with Gasteiger partial charge < -0.3 is 0 Å². The average molecular weight is 283 g/mol. The maximum absolute atomic E-state index is 5.72. The van der Waals surface area contributed by atoms with E-state index in [2.05, 4.69) is 52.9 Å². The van der Waals surface area contributed by atoms with E-state index >= 15 is 0 Å². The van der Waals surface area contributed by atoms with Crippen molar-refractivity contribution in [3.8, 4) is 0 Å². The Morgan fingerprint density at radius 2 is 1.95 bits per heavy atom. The number of aromatic nitrogens is 1. The molecule has 0 saturated heterocycles. The van der Waals surface area contributed by atoms with Gasteiger partial charge in [0.15, 0.2) is 0 Å². The van der Waals surface area contributed by atoms with E-state index in [0.29, 0.717) is 0 Å². The number of hydrazine groups is 1. The molecule has 3 nitrogen and oxygen atoms in total. The first-order valence-electron chi connectivity index (χ1n) is 6.67. The van der Waals surface area contributed by atoms with E-state index in [1.807, 2.05) is 11.7 Å². The van der Waals surface area contributed by atoms with Gasteiger partial charge in [0.2, 0.25) is 0 Å². The van der Waals surface area contributed by atoms with Crippen LogP contribution in [-0.2, 0) is 12.8 Å². The smallest absolute Gasteiger partial charge is 0.0794 e. The van der Waals surface area contributed by atoms with Crippen LogP contribution in [0.25, 0.3) is 10.8 Å². The number of nitrogens with zero attached hydrogens (tertiary/aromatic N) is 1. The van der Waals surface area contributed by atoms with Crippen molar-refractivity contribution < 1.29 is 0 Å². The maximum atomic E-state index is 5.72. The van der Waals surface area contributed by atoms with Crippen LogP contribution < -0.4 is 11.3 Å². The number of nitrogens with one attached hydrogen (secondary N) is 1. The van der Waals surface area contributed by atoms with Crippen molar-refractivity contribution in [2.24, 2.45) is 5.84 Å². The van der Waals surface area contributed by atoms with Gasteiger partial charge in [0.25, 0.3) is 0 Å². The summed E-state index contributed by atoms with van der Waals surface area (Å²) < 4.78 is 0. The zero-order valence-electron chi connectivity index (χ0n) is 11.1. The predicted octanol–water partition coefficient (Wildman–Crippen LogP) is 2.91. The number of hydrogen-bond acceptors (Lipinski definition) is 4. The number of rotatable bonds is 5. The van der Waals surface area contributed by atoms with Gasteiger partial charge in [-0.3, -0.25) is 16.3 Å². The summed E-state index contributed by atoms with van der Waals surface area (Å²) in [5, 5.41) is 2.58. The molecule has 0 aliphatic heterocycles. The van der Waals surface area contributed by atoms with Crippen molar-refractivity contribution in [3.63, 3.8) is 0 Å². The van der Waals surface area contributed by atoms with E-state index in [4.69, 9.17) is 5.84 Å². The van der Waals surface area contributed by atoms with Crippen molar-refractivity contribution in [1.29, 1.82) is 0 Å². The molecular weight excluding hydrogens is 266 g/mol. The van der Waals surface area contributed by atoms with Crippen LogP contribution in [0.4, 0.5) is 0 Å². The van der Waals surface area contributed by atoms with E-state index in [1.165, 1.54) is 21.2 Å². The van der Waals surface area contributed by atoms with Crippen molar-refractivity contribution in [2.45, 2.75) is 18.9 Å². The molecule has 0 aliphatic rings. The van der Waals surface area contributed by atoms with Crippen LogP contribution in [0.1, 0.15) is 10.4 Å². The van der Waals surface area contributed by atoms with Gasteiger partial charge in [-0.15, -0.1) is 11.3 Å². The Hall–Kier alpha value is -1.75. The standard InChI is InChI=1S/C16H17N3S/c17-19-14(9-15-10-18-11-20-15)8-13-6-3-5-12-4-1-2-7-16(12)13/h1-7,10-11,14,19H,8-9,17H2. The highest BCUT2D eigenvalue weighted by Gasteiger charge is 2.11. The van der Waals surface area contributed by atoms with Crippen LogP contribution in [0, 0.1) is 0 Å². The highest BCUT2D eigenvalue weighted by Crippen LogP contribution is 2.21. The van der Waals surface area contributed by atoms with Crippen LogP contribution in [0.15, 0.2) is 54.2 Å². The lowest BCUT2D eigenvalue weighted by atomic mass is 9.97. The van der Waals surface area contributed by atoms with E-state index in [-0.39, 0.29) is 6.04 Å². The van der Waals surface area contributed by atoms with Crippen LogP contribution in [0.3, 0.4) is 0 Å². The second-order valence-corrected chi connectivity index (χ2v) is 5.85. The lowest BCUT2D eigenvalue weighted by Gasteiger charge is -2.16. The summed E-state index contributed by atoms with van der Waals surface area (Å²) in [4.78, 5) is 5.37. The molecule has 4 heteroatoms. The van der Waals surface area contributed by atoms with E-state index in [0.717, 1.165) is 12.8 Å². The highest BCUT2D eigenvalue weighted by atomic mass is 32.1. The molecule has 0 amide bonds. The van der Waals surface area contributed by atoms with Gasteiger partial charge in [0.05, 0.1) is 5.51 Å². The molecule has 3 aromatic rings. The highest BCUT2D eigenvalue weighted by molar-refractivity contribution is 7.09. The third-order valence-corrected chi connectivity index (χ3v) is 4.31. The molecule has 102 valence electrons. The van der Waals surface area contributed by atoms with Crippen LogP contribution >= 0.6 is 11.3 Å². The second-order valence-electron chi connectivity index (χ2n) is 4.88. The Balaban J connectivity index is 1.84. The molecule has 1 aromatic heterocycles. The molecule has 1 heterocycles. The van der Waals surface area contributed by atoms with Gasteiger partial charge in [0, 0.05) is 23.5 Å². The third kappa shape index (κ3) is 2.88. The molecule has 0 radical (unpaired) electrons. The molecule has 0 spiro atoms. The zero-order chi connectivity index (χ0) is 13.8. The first-order valence-corrected chi connectivity index (χ1v) is 7.55. The minimum Gasteiger partial charge on any atom is -0.271 e. The van der Waals surface area contributed by atoms with Gasteiger partial charge in [-0.25, -0.2) is 0 Å². The number of fused-ring (bicyclic) bond motifs is 1. The molecule has 0 saturated carbocycles. The maximum Gasteiger partial charge on any atom is 0.0794 e. The van der Waals surface area contributed by atoms with Gasteiger partial charge in [-0.2, -0.15) is 0 Å². The fourth-order valence-corrected chi connectivity index (χ4v) is 3.19. The van der Waals surface area contributed by atoms with Crippen molar-refractivity contribution in [3.05, 3.63) is 64.6 Å².